The van der Waals surface area contributed by atoms with Gasteiger partial charge >= 0.3 is 0 Å². The minimum absolute atomic E-state index is 0.0519. The molecule has 3 nitrogen and oxygen atoms in total. The lowest BCUT2D eigenvalue weighted by molar-refractivity contribution is -0.146. The van der Waals surface area contributed by atoms with Gasteiger partial charge < -0.3 is 9.64 Å². The zero-order chi connectivity index (χ0) is 15.4. The summed E-state index contributed by atoms with van der Waals surface area (Å²) in [5.41, 5.74) is 1.13. The second kappa shape index (κ2) is 7.08. The number of benzene rings is 1. The van der Waals surface area contributed by atoms with Crippen LogP contribution in [0, 0.1) is 5.92 Å². The molecule has 1 saturated heterocycles. The minimum atomic E-state index is -0.0519. The van der Waals surface area contributed by atoms with E-state index in [1.54, 1.807) is 0 Å². The van der Waals surface area contributed by atoms with E-state index in [0.29, 0.717) is 19.1 Å². The molecule has 1 fully saturated rings. The smallest absolute Gasteiger partial charge is 0.230 e. The van der Waals surface area contributed by atoms with E-state index in [4.69, 9.17) is 4.74 Å². The van der Waals surface area contributed by atoms with Crippen LogP contribution in [0.4, 0.5) is 0 Å². The van der Waals surface area contributed by atoms with E-state index in [1.165, 1.54) is 0 Å². The molecule has 1 aromatic rings. The molecule has 0 bridgehead atoms. The number of hydrogen-bond acceptors (Lipinski definition) is 2. The topological polar surface area (TPSA) is 29.5 Å². The van der Waals surface area contributed by atoms with Gasteiger partial charge in [0.15, 0.2) is 0 Å². The monoisotopic (exact) mass is 289 g/mol. The molecule has 0 aliphatic carbocycles. The first-order chi connectivity index (χ1) is 10.0. The number of hydrogen-bond donors (Lipinski definition) is 0. The minimum Gasteiger partial charge on any atom is -0.375 e. The third-order valence-corrected chi connectivity index (χ3v) is 4.53. The Morgan fingerprint density at radius 1 is 1.33 bits per heavy atom. The van der Waals surface area contributed by atoms with E-state index in [-0.39, 0.29) is 24.0 Å². The molecule has 1 heterocycles. The number of nitrogens with zero attached hydrogens (tertiary/aromatic N) is 1. The Bertz CT molecular complexity index is 460. The number of carbonyl (C=O) groups excluding carboxylic acids is 1. The summed E-state index contributed by atoms with van der Waals surface area (Å²) in [6.07, 6.45) is 1.12. The number of morpholine rings is 1. The van der Waals surface area contributed by atoms with Crippen LogP contribution >= 0.6 is 0 Å². The van der Waals surface area contributed by atoms with E-state index in [2.05, 4.69) is 32.9 Å². The molecule has 116 valence electrons. The average molecular weight is 289 g/mol. The van der Waals surface area contributed by atoms with Crippen molar-refractivity contribution in [2.24, 2.45) is 5.92 Å². The van der Waals surface area contributed by atoms with Crippen molar-refractivity contribution in [3.63, 3.8) is 0 Å². The van der Waals surface area contributed by atoms with Gasteiger partial charge in [0.05, 0.1) is 24.7 Å². The van der Waals surface area contributed by atoms with Gasteiger partial charge in [0.2, 0.25) is 5.91 Å². The molecule has 1 aromatic carbocycles. The van der Waals surface area contributed by atoms with Crippen LogP contribution in [-0.2, 0) is 9.53 Å². The van der Waals surface area contributed by atoms with E-state index < -0.39 is 0 Å². The van der Waals surface area contributed by atoms with E-state index >= 15 is 0 Å². The number of ether oxygens (including phenoxy) is 1. The molecule has 2 rings (SSSR count). The predicted octanol–water partition coefficient (Wildman–Crippen LogP) is 3.45. The van der Waals surface area contributed by atoms with E-state index in [0.717, 1.165) is 12.0 Å². The Kier molecular flexibility index (Phi) is 5.40. The molecule has 0 radical (unpaired) electrons. The molecule has 3 heteroatoms. The Labute approximate surface area is 128 Å². The van der Waals surface area contributed by atoms with Crippen LogP contribution in [0.25, 0.3) is 0 Å². The van der Waals surface area contributed by atoms with Gasteiger partial charge in [-0.15, -0.1) is 0 Å². The van der Waals surface area contributed by atoms with Crippen molar-refractivity contribution >= 4 is 5.91 Å². The molecule has 0 N–H and O–H groups in total. The second-order valence-corrected chi connectivity index (χ2v) is 6.26. The Morgan fingerprint density at radius 2 is 2.00 bits per heavy atom. The van der Waals surface area contributed by atoms with Crippen LogP contribution in [0.3, 0.4) is 0 Å². The van der Waals surface area contributed by atoms with Crippen LogP contribution in [0.2, 0.25) is 0 Å². The lowest BCUT2D eigenvalue weighted by atomic mass is 9.84. The second-order valence-electron chi connectivity index (χ2n) is 6.26. The zero-order valence-electron chi connectivity index (χ0n) is 13.6. The highest BCUT2D eigenvalue weighted by molar-refractivity contribution is 5.84. The molecule has 1 aliphatic heterocycles. The predicted molar refractivity (Wildman–Crippen MR) is 85.2 cm³/mol. The van der Waals surface area contributed by atoms with Gasteiger partial charge in [-0.05, 0) is 25.3 Å². The fraction of sp³-hybridized carbons (Fsp3) is 0.611. The molecule has 4 atom stereocenters. The quantitative estimate of drug-likeness (QED) is 0.849. The lowest BCUT2D eigenvalue weighted by Gasteiger charge is -2.39. The number of amides is 1. The van der Waals surface area contributed by atoms with Crippen molar-refractivity contribution in [1.29, 1.82) is 0 Å². The number of rotatable bonds is 4. The molecular weight excluding hydrogens is 262 g/mol. The van der Waals surface area contributed by atoms with E-state index in [9.17, 15) is 4.79 Å². The summed E-state index contributed by atoms with van der Waals surface area (Å²) in [6.45, 7) is 9.76. The summed E-state index contributed by atoms with van der Waals surface area (Å²) >= 11 is 0. The molecule has 0 saturated carbocycles. The summed E-state index contributed by atoms with van der Waals surface area (Å²) in [4.78, 5) is 15.1. The van der Waals surface area contributed by atoms with Gasteiger partial charge in [0.25, 0.3) is 0 Å². The Balaban J connectivity index is 2.26. The van der Waals surface area contributed by atoms with E-state index in [1.807, 2.05) is 30.0 Å². The van der Waals surface area contributed by atoms with Crippen molar-refractivity contribution in [2.45, 2.75) is 52.2 Å². The first kappa shape index (κ1) is 16.0. The maximum atomic E-state index is 13.1. The van der Waals surface area contributed by atoms with Gasteiger partial charge in [-0.25, -0.2) is 0 Å². The van der Waals surface area contributed by atoms with Crippen molar-refractivity contribution in [3.8, 4) is 0 Å². The molecular formula is C18H27NO2. The highest BCUT2D eigenvalue weighted by atomic mass is 16.5. The first-order valence-electron chi connectivity index (χ1n) is 8.01. The summed E-state index contributed by atoms with van der Waals surface area (Å²) in [5.74, 6) is 0.535. The molecule has 1 aliphatic rings. The fourth-order valence-corrected chi connectivity index (χ4v) is 3.00. The van der Waals surface area contributed by atoms with Crippen molar-refractivity contribution in [2.75, 3.05) is 13.2 Å². The molecule has 0 spiro atoms. The standard InChI is InChI=1S/C18H27NO2/c1-5-13(2)17(16-9-7-6-8-10-16)18(20)19-11-15(4)21-12-14(19)3/h6-10,13-15,17H,5,11-12H2,1-4H3. The maximum absolute atomic E-state index is 13.1. The van der Waals surface area contributed by atoms with Gasteiger partial charge in [-0.3, -0.25) is 4.79 Å². The first-order valence-corrected chi connectivity index (χ1v) is 8.01. The van der Waals surface area contributed by atoms with Crippen LogP contribution < -0.4 is 0 Å². The number of carbonyl (C=O) groups is 1. The summed E-state index contributed by atoms with van der Waals surface area (Å²) in [6, 6.07) is 10.3. The van der Waals surface area contributed by atoms with Crippen LogP contribution in [0.1, 0.15) is 45.6 Å². The molecule has 0 aromatic heterocycles. The van der Waals surface area contributed by atoms with Crippen LogP contribution in [-0.4, -0.2) is 36.1 Å². The normalized spacial score (nSPS) is 25.4. The van der Waals surface area contributed by atoms with Gasteiger partial charge in [-0.1, -0.05) is 50.6 Å². The zero-order valence-corrected chi connectivity index (χ0v) is 13.6. The van der Waals surface area contributed by atoms with Crippen molar-refractivity contribution < 1.29 is 9.53 Å². The third-order valence-electron chi connectivity index (χ3n) is 4.53. The molecule has 21 heavy (non-hydrogen) atoms. The van der Waals surface area contributed by atoms with Crippen molar-refractivity contribution in [3.05, 3.63) is 35.9 Å². The lowest BCUT2D eigenvalue weighted by Crippen LogP contribution is -2.52. The Morgan fingerprint density at radius 3 is 2.62 bits per heavy atom. The molecule has 1 amide bonds. The SMILES string of the molecule is CCC(C)C(C(=O)N1CC(C)OCC1C)c1ccccc1. The largest absolute Gasteiger partial charge is 0.375 e. The Hall–Kier alpha value is -1.35. The van der Waals surface area contributed by atoms with Gasteiger partial charge in [0, 0.05) is 6.54 Å². The molecule has 4 unspecified atom stereocenters. The highest BCUT2D eigenvalue weighted by Crippen LogP contribution is 2.30. The van der Waals surface area contributed by atoms with Crippen molar-refractivity contribution in [1.82, 2.24) is 4.90 Å². The average Bonchev–Trinajstić information content (AvgIpc) is 2.50. The fourth-order valence-electron chi connectivity index (χ4n) is 3.00. The summed E-state index contributed by atoms with van der Waals surface area (Å²) in [7, 11) is 0. The van der Waals surface area contributed by atoms with Gasteiger partial charge in [-0.2, -0.15) is 0 Å². The summed E-state index contributed by atoms with van der Waals surface area (Å²) < 4.78 is 5.65. The maximum Gasteiger partial charge on any atom is 0.230 e. The van der Waals surface area contributed by atoms with Gasteiger partial charge in [0.1, 0.15) is 0 Å². The van der Waals surface area contributed by atoms with Crippen LogP contribution in [0.15, 0.2) is 30.3 Å². The summed E-state index contributed by atoms with van der Waals surface area (Å²) in [5, 5.41) is 0. The third kappa shape index (κ3) is 3.65. The van der Waals surface area contributed by atoms with Crippen LogP contribution in [0.5, 0.6) is 0 Å². The highest BCUT2D eigenvalue weighted by Gasteiger charge is 2.34.